The van der Waals surface area contributed by atoms with Gasteiger partial charge in [0.05, 0.1) is 36.8 Å². The number of ether oxygens (including phenoxy) is 2. The van der Waals surface area contributed by atoms with Crippen LogP contribution < -0.4 is 9.75 Å². The molecule has 31 heavy (non-hydrogen) atoms. The van der Waals surface area contributed by atoms with Crippen LogP contribution in [0.15, 0.2) is 64.6 Å². The van der Waals surface area contributed by atoms with Crippen LogP contribution in [-0.4, -0.2) is 36.8 Å². The summed E-state index contributed by atoms with van der Waals surface area (Å²) >= 11 is 1.34. The number of carbonyl (C=O) groups is 2. The van der Waals surface area contributed by atoms with E-state index in [0.717, 1.165) is 22.6 Å². The second kappa shape index (κ2) is 8.53. The summed E-state index contributed by atoms with van der Waals surface area (Å²) in [4.78, 5) is 29.2. The van der Waals surface area contributed by atoms with E-state index >= 15 is 0 Å². The van der Waals surface area contributed by atoms with Gasteiger partial charge in [0.2, 0.25) is 5.13 Å². The van der Waals surface area contributed by atoms with Crippen LogP contribution in [0.1, 0.15) is 22.8 Å². The highest BCUT2D eigenvalue weighted by Gasteiger charge is 2.30. The maximum atomic E-state index is 13.0. The van der Waals surface area contributed by atoms with Crippen LogP contribution in [0.2, 0.25) is 0 Å². The molecular weight excluding hydrogens is 414 g/mol. The molecule has 156 valence electrons. The van der Waals surface area contributed by atoms with Crippen molar-refractivity contribution < 1.29 is 19.1 Å². The minimum atomic E-state index is -0.407. The van der Waals surface area contributed by atoms with Gasteiger partial charge in [0.1, 0.15) is 5.75 Å². The third-order valence-corrected chi connectivity index (χ3v) is 5.56. The van der Waals surface area contributed by atoms with Crippen LogP contribution in [0, 0.1) is 0 Å². The summed E-state index contributed by atoms with van der Waals surface area (Å²) < 4.78 is 9.97. The third kappa shape index (κ3) is 4.10. The van der Waals surface area contributed by atoms with Crippen molar-refractivity contribution in [2.75, 3.05) is 19.2 Å². The zero-order chi connectivity index (χ0) is 22.0. The Balaban J connectivity index is 1.57. The lowest BCUT2D eigenvalue weighted by Gasteiger charge is -2.07. The van der Waals surface area contributed by atoms with Crippen molar-refractivity contribution in [1.29, 1.82) is 0 Å². The number of esters is 1. The van der Waals surface area contributed by atoms with Crippen molar-refractivity contribution in [2.24, 2.45) is 5.10 Å². The fourth-order valence-corrected chi connectivity index (χ4v) is 3.87. The Morgan fingerprint density at radius 2 is 1.90 bits per heavy atom. The number of aromatic nitrogens is 1. The molecule has 0 saturated heterocycles. The van der Waals surface area contributed by atoms with Gasteiger partial charge in [-0.2, -0.15) is 10.1 Å². The topological polar surface area (TPSA) is 81.1 Å². The van der Waals surface area contributed by atoms with Gasteiger partial charge in [-0.15, -0.1) is 11.3 Å². The molecule has 1 amide bonds. The smallest absolute Gasteiger partial charge is 0.337 e. The number of hydrazone groups is 1. The molecule has 0 atom stereocenters. The van der Waals surface area contributed by atoms with Crippen LogP contribution in [0.25, 0.3) is 17.3 Å². The molecule has 0 N–H and O–H groups in total. The molecule has 2 aromatic carbocycles. The minimum Gasteiger partial charge on any atom is -0.497 e. The van der Waals surface area contributed by atoms with Crippen LogP contribution >= 0.6 is 11.3 Å². The molecule has 2 heterocycles. The van der Waals surface area contributed by atoms with E-state index in [2.05, 4.69) is 10.1 Å². The predicted molar refractivity (Wildman–Crippen MR) is 120 cm³/mol. The molecule has 0 saturated carbocycles. The van der Waals surface area contributed by atoms with Crippen molar-refractivity contribution in [3.63, 3.8) is 0 Å². The zero-order valence-corrected chi connectivity index (χ0v) is 18.0. The van der Waals surface area contributed by atoms with Crippen molar-refractivity contribution >= 4 is 40.1 Å². The highest BCUT2D eigenvalue weighted by molar-refractivity contribution is 7.14. The van der Waals surface area contributed by atoms with Gasteiger partial charge in [-0.25, -0.2) is 9.78 Å². The first-order valence-electron chi connectivity index (χ1n) is 9.40. The highest BCUT2D eigenvalue weighted by atomic mass is 32.1. The molecule has 7 nitrogen and oxygen atoms in total. The van der Waals surface area contributed by atoms with E-state index in [4.69, 9.17) is 9.47 Å². The zero-order valence-electron chi connectivity index (χ0n) is 17.2. The van der Waals surface area contributed by atoms with E-state index in [1.807, 2.05) is 29.6 Å². The Morgan fingerprint density at radius 3 is 2.61 bits per heavy atom. The van der Waals surface area contributed by atoms with Gasteiger partial charge in [-0.05, 0) is 42.8 Å². The number of amides is 1. The summed E-state index contributed by atoms with van der Waals surface area (Å²) in [7, 11) is 2.95. The van der Waals surface area contributed by atoms with E-state index in [0.29, 0.717) is 22.0 Å². The molecule has 4 rings (SSSR count). The summed E-state index contributed by atoms with van der Waals surface area (Å²) in [6.45, 7) is 1.78. The van der Waals surface area contributed by atoms with Gasteiger partial charge in [-0.3, -0.25) is 4.79 Å². The van der Waals surface area contributed by atoms with E-state index in [9.17, 15) is 9.59 Å². The highest BCUT2D eigenvalue weighted by Crippen LogP contribution is 2.32. The molecular formula is C23H19N3O4S. The molecule has 0 radical (unpaired) electrons. The quantitative estimate of drug-likeness (QED) is 0.440. The van der Waals surface area contributed by atoms with E-state index in [-0.39, 0.29) is 5.91 Å². The van der Waals surface area contributed by atoms with Crippen LogP contribution in [0.5, 0.6) is 5.75 Å². The molecule has 0 fully saturated rings. The van der Waals surface area contributed by atoms with E-state index in [1.165, 1.54) is 23.5 Å². The van der Waals surface area contributed by atoms with Crippen LogP contribution in [-0.2, 0) is 9.53 Å². The van der Waals surface area contributed by atoms with Gasteiger partial charge in [-0.1, -0.05) is 24.3 Å². The fraction of sp³-hybridized carbons (Fsp3) is 0.130. The molecule has 1 aliphatic rings. The van der Waals surface area contributed by atoms with Crippen molar-refractivity contribution in [1.82, 2.24) is 4.98 Å². The Kier molecular flexibility index (Phi) is 5.64. The molecule has 0 spiro atoms. The summed E-state index contributed by atoms with van der Waals surface area (Å²) in [6.07, 6.45) is 1.75. The van der Waals surface area contributed by atoms with Gasteiger partial charge in [0.15, 0.2) is 0 Å². The standard InChI is InChI=1S/C23H19N3O4S/c1-14-19(11-15-7-9-16(10-8-15)22(28)30-3)21(27)26(25-14)23-24-20(13-31-23)17-5-4-6-18(12-17)29-2/h4-13H,1-3H3/b19-11+. The molecule has 1 aromatic heterocycles. The third-order valence-electron chi connectivity index (χ3n) is 4.74. The monoisotopic (exact) mass is 433 g/mol. The summed E-state index contributed by atoms with van der Waals surface area (Å²) in [5, 5.41) is 8.09. The molecule has 0 aliphatic carbocycles. The summed E-state index contributed by atoms with van der Waals surface area (Å²) in [5.41, 5.74) is 3.95. The Morgan fingerprint density at radius 1 is 1.13 bits per heavy atom. The molecule has 0 unspecified atom stereocenters. The molecule has 3 aromatic rings. The number of rotatable bonds is 5. The lowest BCUT2D eigenvalue weighted by atomic mass is 10.1. The maximum absolute atomic E-state index is 13.0. The Labute approximate surface area is 183 Å². The Bertz CT molecular complexity index is 1210. The van der Waals surface area contributed by atoms with Gasteiger partial charge in [0.25, 0.3) is 5.91 Å². The number of hydrogen-bond donors (Lipinski definition) is 0. The second-order valence-electron chi connectivity index (χ2n) is 6.72. The average Bonchev–Trinajstić information content (AvgIpc) is 3.40. The first-order chi connectivity index (χ1) is 15.0. The number of carbonyl (C=O) groups excluding carboxylic acids is 2. The number of anilines is 1. The number of methoxy groups -OCH3 is 2. The summed E-state index contributed by atoms with van der Waals surface area (Å²) in [5.74, 6) is 0.0818. The maximum Gasteiger partial charge on any atom is 0.337 e. The van der Waals surface area contributed by atoms with Gasteiger partial charge in [0, 0.05) is 10.9 Å². The van der Waals surface area contributed by atoms with Crippen molar-refractivity contribution in [2.45, 2.75) is 6.92 Å². The van der Waals surface area contributed by atoms with Gasteiger partial charge >= 0.3 is 5.97 Å². The number of benzene rings is 2. The molecule has 8 heteroatoms. The summed E-state index contributed by atoms with van der Waals surface area (Å²) in [6, 6.07) is 14.4. The van der Waals surface area contributed by atoms with Crippen molar-refractivity contribution in [3.8, 4) is 17.0 Å². The van der Waals surface area contributed by atoms with Crippen LogP contribution in [0.3, 0.4) is 0 Å². The fourth-order valence-electron chi connectivity index (χ4n) is 3.09. The number of hydrogen-bond acceptors (Lipinski definition) is 7. The first kappa shape index (κ1) is 20.5. The predicted octanol–water partition coefficient (Wildman–Crippen LogP) is 4.41. The lowest BCUT2D eigenvalue weighted by molar-refractivity contribution is -0.114. The SMILES string of the molecule is COC(=O)c1ccc(/C=C2/C(=O)N(c3nc(-c4cccc(OC)c4)cs3)N=C2C)cc1. The number of thiazole rings is 1. The van der Waals surface area contributed by atoms with E-state index in [1.54, 1.807) is 44.4 Å². The van der Waals surface area contributed by atoms with E-state index < -0.39 is 5.97 Å². The van der Waals surface area contributed by atoms with Crippen molar-refractivity contribution in [3.05, 3.63) is 70.6 Å². The van der Waals surface area contributed by atoms with Crippen LogP contribution in [0.4, 0.5) is 5.13 Å². The lowest BCUT2D eigenvalue weighted by Crippen LogP contribution is -2.21. The number of nitrogens with zero attached hydrogens (tertiary/aromatic N) is 3. The second-order valence-corrected chi connectivity index (χ2v) is 7.56. The van der Waals surface area contributed by atoms with Gasteiger partial charge < -0.3 is 9.47 Å². The minimum absolute atomic E-state index is 0.249. The first-order valence-corrected chi connectivity index (χ1v) is 10.3. The molecule has 1 aliphatic heterocycles. The Hall–Kier alpha value is -3.78. The average molecular weight is 433 g/mol. The molecule has 0 bridgehead atoms. The largest absolute Gasteiger partial charge is 0.497 e. The normalized spacial score (nSPS) is 14.7.